The first kappa shape index (κ1) is 22.4. The molecule has 3 aromatic rings. The molecule has 0 aliphatic carbocycles. The predicted octanol–water partition coefficient (Wildman–Crippen LogP) is 1.50. The van der Waals surface area contributed by atoms with Gasteiger partial charge in [-0.25, -0.2) is 9.18 Å². The maximum absolute atomic E-state index is 13.3. The normalized spacial score (nSPS) is 15.4. The van der Waals surface area contributed by atoms with Crippen LogP contribution in [0.25, 0.3) is 5.69 Å². The Morgan fingerprint density at radius 1 is 1.24 bits per heavy atom. The van der Waals surface area contributed by atoms with Crippen LogP contribution in [0, 0.1) is 5.82 Å². The number of carbonyl (C=O) groups excluding carboxylic acids is 1. The molecule has 1 aromatic heterocycles. The molecule has 1 saturated heterocycles. The lowest BCUT2D eigenvalue weighted by atomic mass is 10.2. The zero-order valence-electron chi connectivity index (χ0n) is 18.0. The van der Waals surface area contributed by atoms with E-state index in [1.165, 1.54) is 31.4 Å². The van der Waals surface area contributed by atoms with E-state index in [2.05, 4.69) is 10.4 Å². The summed E-state index contributed by atoms with van der Waals surface area (Å²) in [6.45, 7) is 0.705. The Morgan fingerprint density at radius 2 is 2.03 bits per heavy atom. The summed E-state index contributed by atoms with van der Waals surface area (Å²) in [6.07, 6.45) is 1.59. The summed E-state index contributed by atoms with van der Waals surface area (Å²) in [7, 11) is 1.48. The molecule has 10 heteroatoms. The minimum atomic E-state index is -0.840. The van der Waals surface area contributed by atoms with E-state index in [1.807, 2.05) is 0 Å². The van der Waals surface area contributed by atoms with Crippen LogP contribution in [0.5, 0.6) is 5.75 Å². The van der Waals surface area contributed by atoms with E-state index in [1.54, 1.807) is 24.3 Å². The highest BCUT2D eigenvalue weighted by Gasteiger charge is 2.23. The molecule has 1 unspecified atom stereocenters. The molecule has 1 aliphatic rings. The van der Waals surface area contributed by atoms with Crippen LogP contribution in [-0.4, -0.2) is 46.6 Å². The summed E-state index contributed by atoms with van der Waals surface area (Å²) in [5.74, 6) is -0.675. The molecule has 33 heavy (non-hydrogen) atoms. The molecule has 172 valence electrons. The number of hydrogen-bond donors (Lipinski definition) is 1. The van der Waals surface area contributed by atoms with Crippen LogP contribution in [0.2, 0.25) is 0 Å². The zero-order valence-corrected chi connectivity index (χ0v) is 18.0. The van der Waals surface area contributed by atoms with Crippen LogP contribution >= 0.6 is 0 Å². The summed E-state index contributed by atoms with van der Waals surface area (Å²) >= 11 is 0. The number of ether oxygens (including phenoxy) is 2. The van der Waals surface area contributed by atoms with Crippen LogP contribution in [0.1, 0.15) is 28.9 Å². The fourth-order valence-corrected chi connectivity index (χ4v) is 3.57. The largest absolute Gasteiger partial charge is 0.497 e. The second-order valence-corrected chi connectivity index (χ2v) is 7.61. The Hall–Kier alpha value is -3.79. The van der Waals surface area contributed by atoms with Crippen molar-refractivity contribution < 1.29 is 18.7 Å². The molecule has 4 rings (SSSR count). The summed E-state index contributed by atoms with van der Waals surface area (Å²) in [6, 6.07) is 11.9. The number of benzene rings is 2. The average Bonchev–Trinajstić information content (AvgIpc) is 3.35. The second kappa shape index (κ2) is 9.78. The Bertz CT molecular complexity index is 1260. The topological polar surface area (TPSA) is 104 Å². The molecule has 2 aromatic carbocycles. The molecule has 2 heterocycles. The lowest BCUT2D eigenvalue weighted by Gasteiger charge is -2.14. The standard InChI is InChI=1S/C23H23FN4O5/c1-32-18-5-2-4-17(12-18)28-23(31)27(14-15-7-9-16(24)10-8-15)22(30)20(26-28)21(29)25-13-19-6-3-11-33-19/h2,4-5,7-10,12,19H,3,6,11,13-14H2,1H3,(H,25,29). The van der Waals surface area contributed by atoms with Crippen LogP contribution in [0.3, 0.4) is 0 Å². The molecule has 1 N–H and O–H groups in total. The number of aromatic nitrogens is 3. The monoisotopic (exact) mass is 454 g/mol. The van der Waals surface area contributed by atoms with Gasteiger partial charge >= 0.3 is 5.69 Å². The zero-order chi connectivity index (χ0) is 23.4. The molecule has 0 radical (unpaired) electrons. The molecular weight excluding hydrogens is 431 g/mol. The molecule has 1 amide bonds. The van der Waals surface area contributed by atoms with Gasteiger partial charge in [-0.05, 0) is 42.7 Å². The minimum Gasteiger partial charge on any atom is -0.497 e. The molecule has 1 aliphatic heterocycles. The number of rotatable bonds is 7. The quantitative estimate of drug-likeness (QED) is 0.580. The van der Waals surface area contributed by atoms with Crippen molar-refractivity contribution in [1.29, 1.82) is 0 Å². The van der Waals surface area contributed by atoms with Crippen molar-refractivity contribution in [3.05, 3.63) is 86.4 Å². The lowest BCUT2D eigenvalue weighted by molar-refractivity contribution is 0.0849. The first-order valence-electron chi connectivity index (χ1n) is 10.5. The minimum absolute atomic E-state index is 0.125. The van der Waals surface area contributed by atoms with E-state index >= 15 is 0 Å². The van der Waals surface area contributed by atoms with Gasteiger partial charge in [-0.2, -0.15) is 9.78 Å². The van der Waals surface area contributed by atoms with E-state index in [0.717, 1.165) is 22.1 Å². The number of nitrogens with one attached hydrogen (secondary N) is 1. The second-order valence-electron chi connectivity index (χ2n) is 7.61. The Kier molecular flexibility index (Phi) is 6.64. The van der Waals surface area contributed by atoms with Crippen molar-refractivity contribution in [2.75, 3.05) is 20.3 Å². The third-order valence-corrected chi connectivity index (χ3v) is 5.34. The third kappa shape index (κ3) is 5.01. The van der Waals surface area contributed by atoms with Crippen molar-refractivity contribution in [2.45, 2.75) is 25.5 Å². The van der Waals surface area contributed by atoms with Crippen LogP contribution in [-0.2, 0) is 11.3 Å². The molecule has 0 spiro atoms. The summed E-state index contributed by atoms with van der Waals surface area (Å²) in [5.41, 5.74) is -1.18. The number of amides is 1. The third-order valence-electron chi connectivity index (χ3n) is 5.34. The first-order valence-corrected chi connectivity index (χ1v) is 10.5. The number of methoxy groups -OCH3 is 1. The molecular formula is C23H23FN4O5. The Balaban J connectivity index is 1.77. The highest BCUT2D eigenvalue weighted by Crippen LogP contribution is 2.14. The van der Waals surface area contributed by atoms with Gasteiger partial charge < -0.3 is 14.8 Å². The fraction of sp³-hybridized carbons (Fsp3) is 0.304. The predicted molar refractivity (Wildman–Crippen MR) is 117 cm³/mol. The maximum atomic E-state index is 13.3. The van der Waals surface area contributed by atoms with E-state index in [4.69, 9.17) is 9.47 Å². The van der Waals surface area contributed by atoms with Gasteiger partial charge in [0, 0.05) is 19.2 Å². The highest BCUT2D eigenvalue weighted by molar-refractivity contribution is 5.91. The summed E-state index contributed by atoms with van der Waals surface area (Å²) in [4.78, 5) is 39.2. The van der Waals surface area contributed by atoms with E-state index in [-0.39, 0.29) is 19.2 Å². The van der Waals surface area contributed by atoms with Crippen molar-refractivity contribution in [3.63, 3.8) is 0 Å². The van der Waals surface area contributed by atoms with E-state index < -0.39 is 28.7 Å². The lowest BCUT2D eigenvalue weighted by Crippen LogP contribution is -2.46. The SMILES string of the molecule is COc1cccc(-n2nc(C(=O)NCC3CCCO3)c(=O)n(Cc3ccc(F)cc3)c2=O)c1. The van der Waals surface area contributed by atoms with Crippen LogP contribution in [0.15, 0.2) is 58.1 Å². The summed E-state index contributed by atoms with van der Waals surface area (Å²) < 4.78 is 25.9. The molecule has 1 atom stereocenters. The molecule has 1 fully saturated rings. The number of nitrogens with zero attached hydrogens (tertiary/aromatic N) is 3. The maximum Gasteiger partial charge on any atom is 0.352 e. The van der Waals surface area contributed by atoms with Crippen molar-refractivity contribution >= 4 is 5.91 Å². The van der Waals surface area contributed by atoms with Crippen molar-refractivity contribution in [3.8, 4) is 11.4 Å². The van der Waals surface area contributed by atoms with Gasteiger partial charge in [0.25, 0.3) is 11.5 Å². The van der Waals surface area contributed by atoms with Crippen LogP contribution in [0.4, 0.5) is 4.39 Å². The van der Waals surface area contributed by atoms with Gasteiger partial charge in [0.05, 0.1) is 25.4 Å². The van der Waals surface area contributed by atoms with Gasteiger partial charge in [0.15, 0.2) is 0 Å². The van der Waals surface area contributed by atoms with E-state index in [0.29, 0.717) is 23.6 Å². The smallest absolute Gasteiger partial charge is 0.352 e. The summed E-state index contributed by atoms with van der Waals surface area (Å²) in [5, 5.41) is 6.75. The van der Waals surface area contributed by atoms with Gasteiger partial charge in [-0.15, -0.1) is 0 Å². The Morgan fingerprint density at radius 3 is 2.73 bits per heavy atom. The molecule has 0 bridgehead atoms. The van der Waals surface area contributed by atoms with Crippen LogP contribution < -0.4 is 21.3 Å². The Labute approximate surface area is 188 Å². The van der Waals surface area contributed by atoms with Crippen molar-refractivity contribution in [1.82, 2.24) is 19.7 Å². The fourth-order valence-electron chi connectivity index (χ4n) is 3.57. The van der Waals surface area contributed by atoms with Gasteiger partial charge in [-0.3, -0.25) is 14.2 Å². The van der Waals surface area contributed by atoms with Gasteiger partial charge in [-0.1, -0.05) is 18.2 Å². The molecule has 0 saturated carbocycles. The van der Waals surface area contributed by atoms with Crippen molar-refractivity contribution in [2.24, 2.45) is 0 Å². The number of carbonyl (C=O) groups is 1. The van der Waals surface area contributed by atoms with Gasteiger partial charge in [0.1, 0.15) is 11.6 Å². The first-order chi connectivity index (χ1) is 16.0. The number of halogens is 1. The van der Waals surface area contributed by atoms with Gasteiger partial charge in [0.2, 0.25) is 5.69 Å². The highest BCUT2D eigenvalue weighted by atomic mass is 19.1. The average molecular weight is 454 g/mol. The molecule has 9 nitrogen and oxygen atoms in total. The van der Waals surface area contributed by atoms with E-state index in [9.17, 15) is 18.8 Å². The number of hydrogen-bond acceptors (Lipinski definition) is 6.